The number of hydrogen-bond acceptors (Lipinski definition) is 7. The number of halogens is 4. The number of nitrogens with zero attached hydrogens (tertiary/aromatic N) is 3. The minimum absolute atomic E-state index is 0.0116. The zero-order valence-electron chi connectivity index (χ0n) is 27.9. The van der Waals surface area contributed by atoms with Crippen LogP contribution in [-0.4, -0.2) is 133 Å². The Kier molecular flexibility index (Phi) is 10.2. The second-order valence-corrected chi connectivity index (χ2v) is 15.0. The van der Waals surface area contributed by atoms with E-state index in [1.807, 2.05) is 27.7 Å². The van der Waals surface area contributed by atoms with Gasteiger partial charge in [-0.2, -0.15) is 0 Å². The Morgan fingerprint density at radius 1 is 1.02 bits per heavy atom. The van der Waals surface area contributed by atoms with Crippen LogP contribution in [0, 0.1) is 17.8 Å². The molecule has 0 aromatic carbocycles. The van der Waals surface area contributed by atoms with Crippen LogP contribution in [0.3, 0.4) is 0 Å². The van der Waals surface area contributed by atoms with Crippen molar-refractivity contribution in [2.45, 2.75) is 133 Å². The average Bonchev–Trinajstić information content (AvgIpc) is 3.03. The summed E-state index contributed by atoms with van der Waals surface area (Å²) in [6.07, 6.45) is -3.15. The first-order valence-corrected chi connectivity index (χ1v) is 17.5. The Labute approximate surface area is 275 Å². The smallest absolute Gasteiger partial charge is 0.320 e. The lowest BCUT2D eigenvalue weighted by Gasteiger charge is -2.60. The third kappa shape index (κ3) is 6.65. The van der Waals surface area contributed by atoms with Crippen molar-refractivity contribution >= 4 is 11.9 Å². The lowest BCUT2D eigenvalue weighted by Crippen LogP contribution is -2.80. The quantitative estimate of drug-likeness (QED) is 0.314. The number of ether oxygens (including phenoxy) is 2. The number of carbonyl (C=O) groups is 2. The van der Waals surface area contributed by atoms with E-state index in [4.69, 9.17) is 9.47 Å². The molecule has 266 valence electrons. The Morgan fingerprint density at radius 3 is 2.45 bits per heavy atom. The molecule has 1 saturated carbocycles. The van der Waals surface area contributed by atoms with Gasteiger partial charge >= 0.3 is 6.03 Å². The van der Waals surface area contributed by atoms with Gasteiger partial charge in [0.05, 0.1) is 30.6 Å². The fourth-order valence-corrected chi connectivity index (χ4v) is 9.31. The van der Waals surface area contributed by atoms with E-state index in [-0.39, 0.29) is 42.8 Å². The van der Waals surface area contributed by atoms with Crippen molar-refractivity contribution in [3.05, 3.63) is 12.7 Å². The SMILES string of the molecule is C=CC(=O)N1C[C@H](C)N(C2NC(=O)N3C4NC(C(F)CC42)C2C(F)CCCC2OCC(F)(F)COC2CCNC(C(C)C)C23)C[C@H]1C. The topological polar surface area (TPSA) is 98.4 Å². The van der Waals surface area contributed by atoms with Gasteiger partial charge in [-0.15, -0.1) is 0 Å². The van der Waals surface area contributed by atoms with E-state index < -0.39 is 86.0 Å². The number of nitrogens with one attached hydrogen (secondary N) is 3. The lowest BCUT2D eigenvalue weighted by atomic mass is 9.73. The standard InChI is InChI=1S/C33H52F4N6O4/c1-6-25(44)41-13-19(5)42(14-18(41)4)30-20-12-22(35)28-26-21(34)8-7-9-23(26)46-15-33(36,37)16-47-24-10-11-38-27(17(2)3)29(24)43(31(20)39-28)32(45)40-30/h6,17-24,26-31,38-39H,1,7-16H2,2-5H3,(H,40,45)/t18-,19+,20?,21?,22?,23?,24?,26?,27?,28?,29?,30?,31?/m1/s1. The monoisotopic (exact) mass is 672 g/mol. The zero-order chi connectivity index (χ0) is 33.8. The minimum atomic E-state index is -3.35. The Bertz CT molecular complexity index is 1170. The van der Waals surface area contributed by atoms with Crippen LogP contribution in [0.4, 0.5) is 22.4 Å². The summed E-state index contributed by atoms with van der Waals surface area (Å²) in [6.45, 7) is 11.1. The number of piperidine rings is 2. The van der Waals surface area contributed by atoms with Gasteiger partial charge in [0.25, 0.3) is 5.92 Å². The van der Waals surface area contributed by atoms with E-state index in [0.717, 1.165) is 0 Å². The fraction of sp³-hybridized carbons (Fsp3) is 0.879. The summed E-state index contributed by atoms with van der Waals surface area (Å²) < 4.78 is 74.8. The van der Waals surface area contributed by atoms with Crippen molar-refractivity contribution in [2.24, 2.45) is 17.8 Å². The summed E-state index contributed by atoms with van der Waals surface area (Å²) in [6, 6.07) is -2.74. The van der Waals surface area contributed by atoms with Gasteiger partial charge in [-0.3, -0.25) is 15.0 Å². The molecule has 0 radical (unpaired) electrons. The Hall–Kier alpha value is -2.00. The molecule has 6 rings (SSSR count). The molecule has 47 heavy (non-hydrogen) atoms. The molecule has 1 aliphatic carbocycles. The number of alkyl halides is 4. The first kappa shape index (κ1) is 34.8. The Balaban J connectivity index is 1.41. The number of piperazine rings is 1. The molecule has 10 nitrogen and oxygen atoms in total. The van der Waals surface area contributed by atoms with E-state index in [2.05, 4.69) is 27.4 Å². The van der Waals surface area contributed by atoms with E-state index in [1.54, 1.807) is 9.80 Å². The number of fused-ring (bicyclic) bond motifs is 5. The van der Waals surface area contributed by atoms with E-state index in [0.29, 0.717) is 38.9 Å². The molecule has 0 spiro atoms. The summed E-state index contributed by atoms with van der Waals surface area (Å²) in [5.74, 6) is -4.97. The van der Waals surface area contributed by atoms with Crippen molar-refractivity contribution in [3.8, 4) is 0 Å². The molecule has 14 heteroatoms. The van der Waals surface area contributed by atoms with Gasteiger partial charge in [-0.05, 0) is 64.5 Å². The molecule has 6 fully saturated rings. The molecule has 5 heterocycles. The summed E-state index contributed by atoms with van der Waals surface area (Å²) in [5.41, 5.74) is 0. The molecular formula is C33H52F4N6O4. The highest BCUT2D eigenvalue weighted by Gasteiger charge is 2.58. The van der Waals surface area contributed by atoms with Crippen LogP contribution in [0.15, 0.2) is 12.7 Å². The molecule has 5 saturated heterocycles. The van der Waals surface area contributed by atoms with Crippen molar-refractivity contribution in [1.29, 1.82) is 0 Å². The summed E-state index contributed by atoms with van der Waals surface area (Å²) >= 11 is 0. The van der Waals surface area contributed by atoms with Gasteiger partial charge in [0, 0.05) is 49.1 Å². The number of hydrogen-bond donors (Lipinski definition) is 3. The maximum atomic E-state index is 16.6. The van der Waals surface area contributed by atoms with Gasteiger partial charge in [0.2, 0.25) is 5.91 Å². The van der Waals surface area contributed by atoms with Crippen LogP contribution in [0.5, 0.6) is 0 Å². The third-order valence-corrected chi connectivity index (χ3v) is 11.6. The third-order valence-electron chi connectivity index (χ3n) is 11.6. The molecule has 6 aliphatic rings. The molecule has 13 atom stereocenters. The second-order valence-electron chi connectivity index (χ2n) is 15.0. The zero-order valence-corrected chi connectivity index (χ0v) is 27.9. The normalized spacial score (nSPS) is 44.6. The summed E-state index contributed by atoms with van der Waals surface area (Å²) in [4.78, 5) is 32.6. The van der Waals surface area contributed by atoms with Crippen LogP contribution >= 0.6 is 0 Å². The fourth-order valence-electron chi connectivity index (χ4n) is 9.31. The van der Waals surface area contributed by atoms with Gasteiger partial charge in [-0.25, -0.2) is 22.4 Å². The van der Waals surface area contributed by atoms with Crippen LogP contribution in [-0.2, 0) is 14.3 Å². The molecule has 0 aromatic heterocycles. The highest BCUT2D eigenvalue weighted by atomic mass is 19.3. The largest absolute Gasteiger partial charge is 0.371 e. The maximum Gasteiger partial charge on any atom is 0.320 e. The van der Waals surface area contributed by atoms with Crippen LogP contribution in [0.1, 0.15) is 59.8 Å². The predicted octanol–water partition coefficient (Wildman–Crippen LogP) is 3.03. The molecule has 3 N–H and O–H groups in total. The molecule has 0 aromatic rings. The first-order valence-electron chi connectivity index (χ1n) is 17.5. The number of rotatable bonds is 3. The van der Waals surface area contributed by atoms with Gasteiger partial charge in [-0.1, -0.05) is 20.4 Å². The number of urea groups is 1. The van der Waals surface area contributed by atoms with Crippen LogP contribution < -0.4 is 16.0 Å². The van der Waals surface area contributed by atoms with Gasteiger partial charge < -0.3 is 29.9 Å². The molecule has 11 unspecified atom stereocenters. The predicted molar refractivity (Wildman–Crippen MR) is 167 cm³/mol. The molecular weight excluding hydrogens is 620 g/mol. The molecule has 3 amide bonds. The average molecular weight is 673 g/mol. The number of carbonyl (C=O) groups excluding carboxylic acids is 2. The minimum Gasteiger partial charge on any atom is -0.371 e. The summed E-state index contributed by atoms with van der Waals surface area (Å²) in [5, 5.41) is 10.1. The molecule has 2 bridgehead atoms. The van der Waals surface area contributed by atoms with E-state index in [9.17, 15) is 9.59 Å². The maximum absolute atomic E-state index is 16.6. The van der Waals surface area contributed by atoms with Gasteiger partial charge in [0.15, 0.2) is 0 Å². The number of amides is 3. The van der Waals surface area contributed by atoms with Gasteiger partial charge in [0.1, 0.15) is 25.6 Å². The van der Waals surface area contributed by atoms with Crippen LogP contribution in [0.2, 0.25) is 0 Å². The van der Waals surface area contributed by atoms with E-state index in [1.165, 1.54) is 6.08 Å². The van der Waals surface area contributed by atoms with Crippen molar-refractivity contribution in [2.75, 3.05) is 32.8 Å². The summed E-state index contributed by atoms with van der Waals surface area (Å²) in [7, 11) is 0. The van der Waals surface area contributed by atoms with Crippen LogP contribution in [0.25, 0.3) is 0 Å². The highest BCUT2D eigenvalue weighted by Crippen LogP contribution is 2.43. The molecule has 5 aliphatic heterocycles. The Morgan fingerprint density at radius 2 is 1.74 bits per heavy atom. The highest BCUT2D eigenvalue weighted by molar-refractivity contribution is 5.87. The first-order chi connectivity index (χ1) is 22.3. The van der Waals surface area contributed by atoms with Crippen molar-refractivity contribution in [3.63, 3.8) is 0 Å². The second kappa shape index (κ2) is 13.7. The van der Waals surface area contributed by atoms with Crippen molar-refractivity contribution < 1.29 is 36.6 Å². The van der Waals surface area contributed by atoms with Crippen molar-refractivity contribution in [1.82, 2.24) is 30.7 Å². The lowest BCUT2D eigenvalue weighted by molar-refractivity contribution is -0.172. The van der Waals surface area contributed by atoms with E-state index >= 15 is 17.6 Å².